The van der Waals surface area contributed by atoms with Crippen molar-refractivity contribution in [3.05, 3.63) is 77.9 Å². The summed E-state index contributed by atoms with van der Waals surface area (Å²) in [6.07, 6.45) is 4.86. The molecular weight excluding hydrogens is 345 g/mol. The van der Waals surface area contributed by atoms with E-state index in [-0.39, 0.29) is 18.1 Å². The molecule has 2 atom stereocenters. The van der Waals surface area contributed by atoms with E-state index in [0.29, 0.717) is 11.4 Å². The van der Waals surface area contributed by atoms with Crippen molar-refractivity contribution < 1.29 is 9.18 Å². The Kier molecular flexibility index (Phi) is 5.49. The van der Waals surface area contributed by atoms with Crippen LogP contribution in [0, 0.1) is 12.7 Å². The van der Waals surface area contributed by atoms with Crippen molar-refractivity contribution in [3.8, 4) is 0 Å². The minimum Gasteiger partial charge on any atom is -0.330 e. The van der Waals surface area contributed by atoms with Crippen molar-refractivity contribution in [2.45, 2.75) is 32.9 Å². The molecule has 2 aromatic heterocycles. The first-order chi connectivity index (χ1) is 12.9. The van der Waals surface area contributed by atoms with Gasteiger partial charge in [0.2, 0.25) is 0 Å². The van der Waals surface area contributed by atoms with Crippen molar-refractivity contribution in [3.63, 3.8) is 0 Å². The van der Waals surface area contributed by atoms with E-state index in [0.717, 1.165) is 17.6 Å². The molecule has 7 heteroatoms. The Balaban J connectivity index is 1.60. The molecule has 140 valence electrons. The molecular formula is C20H22FN5O. The van der Waals surface area contributed by atoms with Gasteiger partial charge in [0.25, 0.3) is 0 Å². The summed E-state index contributed by atoms with van der Waals surface area (Å²) in [6.45, 7) is 5.85. The number of hydrogen-bond acceptors (Lipinski definition) is 3. The van der Waals surface area contributed by atoms with Gasteiger partial charge in [-0.25, -0.2) is 14.2 Å². The first kappa shape index (κ1) is 18.6. The summed E-state index contributed by atoms with van der Waals surface area (Å²) in [6, 6.07) is 10.0. The molecule has 0 saturated carbocycles. The van der Waals surface area contributed by atoms with Crippen LogP contribution in [0.5, 0.6) is 0 Å². The fourth-order valence-corrected chi connectivity index (χ4v) is 2.88. The second-order valence-corrected chi connectivity index (χ2v) is 6.40. The minimum absolute atomic E-state index is 0.153. The summed E-state index contributed by atoms with van der Waals surface area (Å²) in [7, 11) is 0. The summed E-state index contributed by atoms with van der Waals surface area (Å²) in [5, 5.41) is 5.58. The zero-order chi connectivity index (χ0) is 19.4. The zero-order valence-electron chi connectivity index (χ0n) is 15.5. The number of anilines is 1. The number of hydrogen-bond donors (Lipinski definition) is 2. The second kappa shape index (κ2) is 7.99. The molecule has 0 fully saturated rings. The maximum atomic E-state index is 12.9. The SMILES string of the molecule is Cc1nccn1[C@H](C)c1ccc(NC(=O)N[C@H](C)c2ccc(F)cn2)cc1. The van der Waals surface area contributed by atoms with E-state index in [2.05, 4.69) is 32.1 Å². The minimum atomic E-state index is -0.407. The third-order valence-electron chi connectivity index (χ3n) is 4.47. The Morgan fingerprint density at radius 1 is 1.11 bits per heavy atom. The van der Waals surface area contributed by atoms with E-state index in [4.69, 9.17) is 0 Å². The molecule has 0 aliphatic heterocycles. The van der Waals surface area contributed by atoms with E-state index >= 15 is 0 Å². The van der Waals surface area contributed by atoms with Gasteiger partial charge in [-0.05, 0) is 50.6 Å². The summed E-state index contributed by atoms with van der Waals surface area (Å²) >= 11 is 0. The van der Waals surface area contributed by atoms with E-state index in [1.165, 1.54) is 6.07 Å². The zero-order valence-corrected chi connectivity index (χ0v) is 15.5. The van der Waals surface area contributed by atoms with Gasteiger partial charge in [0.1, 0.15) is 11.6 Å². The van der Waals surface area contributed by atoms with E-state index in [1.54, 1.807) is 19.2 Å². The van der Waals surface area contributed by atoms with Gasteiger partial charge in [-0.2, -0.15) is 0 Å². The van der Waals surface area contributed by atoms with Gasteiger partial charge in [0.05, 0.1) is 24.0 Å². The maximum absolute atomic E-state index is 12.9. The summed E-state index contributed by atoms with van der Waals surface area (Å²) < 4.78 is 15.0. The lowest BCUT2D eigenvalue weighted by Crippen LogP contribution is -2.31. The first-order valence-corrected chi connectivity index (χ1v) is 8.72. The summed E-state index contributed by atoms with van der Waals surface area (Å²) in [5.41, 5.74) is 2.39. The quantitative estimate of drug-likeness (QED) is 0.709. The number of nitrogens with zero attached hydrogens (tertiary/aromatic N) is 3. The number of benzene rings is 1. The van der Waals surface area contributed by atoms with E-state index in [9.17, 15) is 9.18 Å². The van der Waals surface area contributed by atoms with Gasteiger partial charge in [0.15, 0.2) is 0 Å². The molecule has 3 aromatic rings. The largest absolute Gasteiger partial charge is 0.330 e. The van der Waals surface area contributed by atoms with Crippen LogP contribution in [0.25, 0.3) is 0 Å². The fraction of sp³-hybridized carbons (Fsp3) is 0.250. The predicted octanol–water partition coefficient (Wildman–Crippen LogP) is 4.22. The molecule has 0 spiro atoms. The molecule has 6 nitrogen and oxygen atoms in total. The van der Waals surface area contributed by atoms with Crippen LogP contribution in [-0.2, 0) is 0 Å². The molecule has 0 aliphatic rings. The molecule has 0 unspecified atom stereocenters. The van der Waals surface area contributed by atoms with Crippen LogP contribution in [0.4, 0.5) is 14.9 Å². The highest BCUT2D eigenvalue weighted by Crippen LogP contribution is 2.21. The van der Waals surface area contributed by atoms with E-state index in [1.807, 2.05) is 37.4 Å². The lowest BCUT2D eigenvalue weighted by atomic mass is 10.1. The normalized spacial score (nSPS) is 13.0. The second-order valence-electron chi connectivity index (χ2n) is 6.40. The topological polar surface area (TPSA) is 71.8 Å². The van der Waals surface area contributed by atoms with Gasteiger partial charge in [-0.1, -0.05) is 12.1 Å². The lowest BCUT2D eigenvalue weighted by Gasteiger charge is -2.17. The van der Waals surface area contributed by atoms with E-state index < -0.39 is 5.82 Å². The first-order valence-electron chi connectivity index (χ1n) is 8.72. The van der Waals surface area contributed by atoms with Crippen molar-refractivity contribution in [2.24, 2.45) is 0 Å². The highest BCUT2D eigenvalue weighted by Gasteiger charge is 2.12. The molecule has 2 heterocycles. The van der Waals surface area contributed by atoms with Crippen LogP contribution in [0.15, 0.2) is 55.0 Å². The molecule has 2 N–H and O–H groups in total. The summed E-state index contributed by atoms with van der Waals surface area (Å²) in [4.78, 5) is 20.4. The van der Waals surface area contributed by atoms with Crippen LogP contribution < -0.4 is 10.6 Å². The summed E-state index contributed by atoms with van der Waals surface area (Å²) in [5.74, 6) is 0.545. The molecule has 0 saturated heterocycles. The Hall–Kier alpha value is -3.22. The Morgan fingerprint density at radius 2 is 1.85 bits per heavy atom. The Bertz CT molecular complexity index is 905. The molecule has 3 rings (SSSR count). The Morgan fingerprint density at radius 3 is 2.44 bits per heavy atom. The van der Waals surface area contributed by atoms with Crippen molar-refractivity contribution in [1.82, 2.24) is 19.9 Å². The number of aromatic nitrogens is 3. The van der Waals surface area contributed by atoms with Gasteiger partial charge in [-0.3, -0.25) is 4.98 Å². The molecule has 2 amide bonds. The van der Waals surface area contributed by atoms with Gasteiger partial charge >= 0.3 is 6.03 Å². The highest BCUT2D eigenvalue weighted by atomic mass is 19.1. The lowest BCUT2D eigenvalue weighted by molar-refractivity contribution is 0.249. The smallest absolute Gasteiger partial charge is 0.319 e. The standard InChI is InChI=1S/C20H22FN5O/c1-13(19-9-6-17(21)12-23-19)24-20(27)25-18-7-4-16(5-8-18)14(2)26-11-10-22-15(26)3/h4-14H,1-3H3,(H2,24,25,27)/t13-,14-/m1/s1. The number of pyridine rings is 1. The van der Waals surface area contributed by atoms with Crippen molar-refractivity contribution >= 4 is 11.7 Å². The number of halogens is 1. The number of amides is 2. The number of nitrogens with one attached hydrogen (secondary N) is 2. The van der Waals surface area contributed by atoms with Gasteiger partial charge in [0, 0.05) is 18.1 Å². The number of imidazole rings is 1. The molecule has 0 radical (unpaired) electrons. The van der Waals surface area contributed by atoms with Crippen LogP contribution in [0.3, 0.4) is 0 Å². The maximum Gasteiger partial charge on any atom is 0.319 e. The van der Waals surface area contributed by atoms with Crippen LogP contribution in [-0.4, -0.2) is 20.6 Å². The van der Waals surface area contributed by atoms with Crippen molar-refractivity contribution in [1.29, 1.82) is 0 Å². The highest BCUT2D eigenvalue weighted by molar-refractivity contribution is 5.89. The van der Waals surface area contributed by atoms with Crippen molar-refractivity contribution in [2.75, 3.05) is 5.32 Å². The third kappa shape index (κ3) is 4.49. The molecule has 1 aromatic carbocycles. The number of urea groups is 1. The Labute approximate surface area is 157 Å². The molecule has 0 bridgehead atoms. The fourth-order valence-electron chi connectivity index (χ4n) is 2.88. The average Bonchev–Trinajstić information content (AvgIpc) is 3.08. The number of carbonyl (C=O) groups is 1. The number of rotatable bonds is 5. The van der Waals surface area contributed by atoms with Crippen LogP contribution >= 0.6 is 0 Å². The monoisotopic (exact) mass is 367 g/mol. The number of aryl methyl sites for hydroxylation is 1. The van der Waals surface area contributed by atoms with Gasteiger partial charge < -0.3 is 15.2 Å². The molecule has 27 heavy (non-hydrogen) atoms. The molecule has 0 aliphatic carbocycles. The predicted molar refractivity (Wildman–Crippen MR) is 102 cm³/mol. The number of carbonyl (C=O) groups excluding carboxylic acids is 1. The van der Waals surface area contributed by atoms with Gasteiger partial charge in [-0.15, -0.1) is 0 Å². The average molecular weight is 367 g/mol. The van der Waals surface area contributed by atoms with Crippen LogP contribution in [0.2, 0.25) is 0 Å². The third-order valence-corrected chi connectivity index (χ3v) is 4.47. The van der Waals surface area contributed by atoms with Crippen LogP contribution in [0.1, 0.15) is 43.0 Å².